The fraction of sp³-hybridized carbons (Fsp3) is 0.389. The van der Waals surface area contributed by atoms with Gasteiger partial charge in [-0.3, -0.25) is 4.68 Å². The molecule has 1 aromatic heterocycles. The summed E-state index contributed by atoms with van der Waals surface area (Å²) in [6, 6.07) is 4.62. The van der Waals surface area contributed by atoms with E-state index < -0.39 is 10.0 Å². The monoisotopic (exact) mass is 450 g/mol. The summed E-state index contributed by atoms with van der Waals surface area (Å²) in [6.45, 7) is 4.19. The molecule has 2 N–H and O–H groups in total. The summed E-state index contributed by atoms with van der Waals surface area (Å²) >= 11 is 6.31. The van der Waals surface area contributed by atoms with Crippen LogP contribution in [0.3, 0.4) is 0 Å². The predicted octanol–water partition coefficient (Wildman–Crippen LogP) is 3.23. The van der Waals surface area contributed by atoms with Crippen molar-refractivity contribution in [1.82, 2.24) is 14.1 Å². The van der Waals surface area contributed by atoms with Crippen molar-refractivity contribution in [2.45, 2.75) is 31.7 Å². The van der Waals surface area contributed by atoms with Crippen molar-refractivity contribution in [2.75, 3.05) is 20.6 Å². The number of nitrogens with two attached hydrogens (primary N) is 1. The first kappa shape index (κ1) is 24.6. The smallest absolute Gasteiger partial charge is 0.242 e. The Kier molecular flexibility index (Phi) is 8.64. The molecule has 2 rings (SSSR count). The number of benzene rings is 1. The molecule has 0 aliphatic carbocycles. The average Bonchev–Trinajstić information content (AvgIpc) is 2.84. The molecule has 28 heavy (non-hydrogen) atoms. The van der Waals surface area contributed by atoms with Gasteiger partial charge in [0.05, 0.1) is 17.1 Å². The highest BCUT2D eigenvalue weighted by molar-refractivity contribution is 7.89. The van der Waals surface area contributed by atoms with Crippen LogP contribution < -0.4 is 5.73 Å². The highest BCUT2D eigenvalue weighted by Gasteiger charge is 2.19. The zero-order valence-corrected chi connectivity index (χ0v) is 18.6. The van der Waals surface area contributed by atoms with E-state index in [9.17, 15) is 12.8 Å². The first-order valence-electron chi connectivity index (χ1n) is 8.36. The van der Waals surface area contributed by atoms with Crippen molar-refractivity contribution in [3.05, 3.63) is 57.6 Å². The topological polar surface area (TPSA) is 81.2 Å². The number of sulfonamides is 1. The zero-order chi connectivity index (χ0) is 20.4. The minimum atomic E-state index is -3.55. The van der Waals surface area contributed by atoms with Crippen LogP contribution in [0.1, 0.15) is 22.5 Å². The third-order valence-corrected chi connectivity index (χ3v) is 6.50. The Balaban J connectivity index is 0.00000392. The van der Waals surface area contributed by atoms with Gasteiger partial charge in [-0.15, -0.1) is 12.4 Å². The van der Waals surface area contributed by atoms with Crippen LogP contribution in [0, 0.1) is 13.8 Å². The fourth-order valence-electron chi connectivity index (χ4n) is 2.70. The Morgan fingerprint density at radius 3 is 2.54 bits per heavy atom. The van der Waals surface area contributed by atoms with Gasteiger partial charge in [-0.05, 0) is 37.6 Å². The molecular weight excluding hydrogens is 426 g/mol. The number of hydrogen-bond donors (Lipinski definition) is 1. The normalized spacial score (nSPS) is 12.4. The van der Waals surface area contributed by atoms with Crippen LogP contribution in [0.25, 0.3) is 0 Å². The maximum absolute atomic E-state index is 13.8. The second-order valence-electron chi connectivity index (χ2n) is 6.41. The van der Waals surface area contributed by atoms with Gasteiger partial charge in [0.2, 0.25) is 10.0 Å². The van der Waals surface area contributed by atoms with Crippen LogP contribution >= 0.6 is 24.0 Å². The number of hydrogen-bond acceptors (Lipinski definition) is 4. The molecule has 0 fully saturated rings. The molecule has 0 bridgehead atoms. The summed E-state index contributed by atoms with van der Waals surface area (Å²) in [5.74, 6) is -0.292. The Hall–Kier alpha value is -1.45. The van der Waals surface area contributed by atoms with Crippen LogP contribution in [0.2, 0.25) is 5.02 Å². The molecule has 156 valence electrons. The molecule has 6 nitrogen and oxygen atoms in total. The molecule has 0 atom stereocenters. The minimum Gasteiger partial charge on any atom is -0.327 e. The lowest BCUT2D eigenvalue weighted by molar-refractivity contribution is 0.520. The lowest BCUT2D eigenvalue weighted by Gasteiger charge is -2.13. The Morgan fingerprint density at radius 1 is 1.36 bits per heavy atom. The second kappa shape index (κ2) is 9.84. The van der Waals surface area contributed by atoms with E-state index in [1.54, 1.807) is 10.7 Å². The summed E-state index contributed by atoms with van der Waals surface area (Å²) in [5.41, 5.74) is 8.44. The standard InChI is InChI=1S/C18H24ClFN4O2S.ClH/c1-12-17(9-15(20)7-8-21)13(2)24(22-12)11-14-5-6-16(10-18(14)19)27(25,26)23(3)4;/h5-7,10H,8-9,11,21H2,1-4H3;1H. The van der Waals surface area contributed by atoms with Gasteiger partial charge in [0, 0.05) is 43.3 Å². The van der Waals surface area contributed by atoms with E-state index in [1.165, 1.54) is 32.3 Å². The Bertz CT molecular complexity index is 972. The van der Waals surface area contributed by atoms with Crippen LogP contribution in [-0.4, -0.2) is 43.1 Å². The number of aryl methyl sites for hydroxylation is 1. The fourth-order valence-corrected chi connectivity index (χ4v) is 3.94. The van der Waals surface area contributed by atoms with E-state index in [1.807, 2.05) is 13.8 Å². The number of halogens is 3. The predicted molar refractivity (Wildman–Crippen MR) is 112 cm³/mol. The lowest BCUT2D eigenvalue weighted by Crippen LogP contribution is -2.22. The lowest BCUT2D eigenvalue weighted by atomic mass is 10.1. The first-order valence-corrected chi connectivity index (χ1v) is 10.2. The Labute approximate surface area is 176 Å². The molecular formula is C18H25Cl2FN4O2S. The summed E-state index contributed by atoms with van der Waals surface area (Å²) < 4.78 is 41.1. The van der Waals surface area contributed by atoms with E-state index in [4.69, 9.17) is 17.3 Å². The maximum atomic E-state index is 13.8. The summed E-state index contributed by atoms with van der Waals surface area (Å²) in [4.78, 5) is 0.129. The van der Waals surface area contributed by atoms with Gasteiger partial charge in [0.1, 0.15) is 5.83 Å². The Morgan fingerprint density at radius 2 is 2.00 bits per heavy atom. The third-order valence-electron chi connectivity index (χ3n) is 4.34. The van der Waals surface area contributed by atoms with Crippen molar-refractivity contribution in [1.29, 1.82) is 0 Å². The number of aromatic nitrogens is 2. The molecule has 1 heterocycles. The molecule has 0 aliphatic heterocycles. The minimum absolute atomic E-state index is 0. The van der Waals surface area contributed by atoms with Gasteiger partial charge >= 0.3 is 0 Å². The highest BCUT2D eigenvalue weighted by atomic mass is 35.5. The van der Waals surface area contributed by atoms with Crippen molar-refractivity contribution in [2.24, 2.45) is 5.73 Å². The van der Waals surface area contributed by atoms with Crippen molar-refractivity contribution in [3.8, 4) is 0 Å². The molecule has 0 unspecified atom stereocenters. The highest BCUT2D eigenvalue weighted by Crippen LogP contribution is 2.25. The second-order valence-corrected chi connectivity index (χ2v) is 8.97. The van der Waals surface area contributed by atoms with Crippen LogP contribution in [-0.2, 0) is 23.0 Å². The van der Waals surface area contributed by atoms with E-state index in [2.05, 4.69) is 5.10 Å². The SMILES string of the molecule is Cc1nn(Cc2ccc(S(=O)(=O)N(C)C)cc2Cl)c(C)c1CC(F)=CCN.Cl. The van der Waals surface area contributed by atoms with Crippen molar-refractivity contribution >= 4 is 34.0 Å². The molecule has 0 spiro atoms. The molecule has 0 amide bonds. The molecule has 1 aromatic carbocycles. The largest absolute Gasteiger partial charge is 0.327 e. The maximum Gasteiger partial charge on any atom is 0.242 e. The quantitative estimate of drug-likeness (QED) is 0.701. The summed E-state index contributed by atoms with van der Waals surface area (Å²) in [5, 5.41) is 4.80. The molecule has 0 radical (unpaired) electrons. The molecule has 0 aliphatic rings. The summed E-state index contributed by atoms with van der Waals surface area (Å²) in [6.07, 6.45) is 1.49. The zero-order valence-electron chi connectivity index (χ0n) is 16.2. The molecule has 0 saturated carbocycles. The first-order chi connectivity index (χ1) is 12.6. The average molecular weight is 451 g/mol. The van der Waals surface area contributed by atoms with Gasteiger partial charge in [-0.1, -0.05) is 17.7 Å². The van der Waals surface area contributed by atoms with E-state index >= 15 is 0 Å². The van der Waals surface area contributed by atoms with Crippen LogP contribution in [0.15, 0.2) is 35.0 Å². The van der Waals surface area contributed by atoms with Gasteiger partial charge in [-0.25, -0.2) is 17.1 Å². The molecule has 2 aromatic rings. The number of allylic oxidation sites excluding steroid dienone is 1. The number of nitrogens with zero attached hydrogens (tertiary/aromatic N) is 3. The van der Waals surface area contributed by atoms with Gasteiger partial charge < -0.3 is 5.73 Å². The van der Waals surface area contributed by atoms with Crippen molar-refractivity contribution < 1.29 is 12.8 Å². The van der Waals surface area contributed by atoms with Gasteiger partial charge in [0.15, 0.2) is 0 Å². The van der Waals surface area contributed by atoms with Gasteiger partial charge in [-0.2, -0.15) is 5.10 Å². The number of rotatable bonds is 7. The third kappa shape index (κ3) is 5.33. The molecule has 0 saturated heterocycles. The molecule has 10 heteroatoms. The van der Waals surface area contributed by atoms with Crippen LogP contribution in [0.5, 0.6) is 0 Å². The van der Waals surface area contributed by atoms with Crippen LogP contribution in [0.4, 0.5) is 4.39 Å². The van der Waals surface area contributed by atoms with Gasteiger partial charge in [0.25, 0.3) is 0 Å². The van der Waals surface area contributed by atoms with E-state index in [0.717, 1.165) is 26.8 Å². The summed E-state index contributed by atoms with van der Waals surface area (Å²) in [7, 11) is -0.620. The van der Waals surface area contributed by atoms with E-state index in [0.29, 0.717) is 11.6 Å². The van der Waals surface area contributed by atoms with E-state index in [-0.39, 0.29) is 36.1 Å². The van der Waals surface area contributed by atoms with Crippen molar-refractivity contribution in [3.63, 3.8) is 0 Å².